The van der Waals surface area contributed by atoms with Gasteiger partial charge in [0.2, 0.25) is 5.91 Å². The number of amides is 1. The van der Waals surface area contributed by atoms with E-state index in [4.69, 9.17) is 16.3 Å². The van der Waals surface area contributed by atoms with E-state index >= 15 is 0 Å². The van der Waals surface area contributed by atoms with E-state index in [1.807, 2.05) is 55.6 Å². The molecule has 8 heteroatoms. The lowest BCUT2D eigenvalue weighted by atomic mass is 9.95. The zero-order valence-corrected chi connectivity index (χ0v) is 17.0. The molecule has 8 nitrogen and oxygen atoms in total. The second-order valence-corrected chi connectivity index (χ2v) is 6.93. The van der Waals surface area contributed by atoms with Gasteiger partial charge in [-0.25, -0.2) is 5.84 Å². The first-order chi connectivity index (χ1) is 14.6. The van der Waals surface area contributed by atoms with Crippen LogP contribution in [0.2, 0.25) is 0 Å². The highest BCUT2D eigenvalue weighted by atomic mass is 16.5. The number of carbonyl (C=O) groups is 2. The summed E-state index contributed by atoms with van der Waals surface area (Å²) in [6.45, 7) is 1.73. The molecule has 2 aromatic carbocycles. The summed E-state index contributed by atoms with van der Waals surface area (Å²) in [5, 5.41) is 4.49. The lowest BCUT2D eigenvalue weighted by Crippen LogP contribution is -2.38. The summed E-state index contributed by atoms with van der Waals surface area (Å²) in [5.74, 6) is 6.36. The Morgan fingerprint density at radius 1 is 1.20 bits per heavy atom. The van der Waals surface area contributed by atoms with Crippen molar-refractivity contribution in [2.24, 2.45) is 11.6 Å². The molecule has 158 valence electrons. The topological polar surface area (TPSA) is 114 Å². The van der Waals surface area contributed by atoms with Crippen molar-refractivity contribution in [3.8, 4) is 0 Å². The monoisotopic (exact) mass is 409 g/mol. The minimum atomic E-state index is -0.000663. The number of nitrogens with zero attached hydrogens (tertiary/aromatic N) is 2. The third-order valence-electron chi connectivity index (χ3n) is 5.04. The molecular formula is C22H27N5O3. The van der Waals surface area contributed by atoms with Gasteiger partial charge in [-0.2, -0.15) is 0 Å². The van der Waals surface area contributed by atoms with Crippen molar-refractivity contribution in [3.05, 3.63) is 65.2 Å². The Kier molecular flexibility index (Phi) is 7.05. The Labute approximate surface area is 176 Å². The molecule has 0 aromatic heterocycles. The normalized spacial score (nSPS) is 15.5. The Bertz CT molecular complexity index is 944. The van der Waals surface area contributed by atoms with Gasteiger partial charge < -0.3 is 25.7 Å². The van der Waals surface area contributed by atoms with Gasteiger partial charge in [-0.15, -0.1) is 0 Å². The van der Waals surface area contributed by atoms with Gasteiger partial charge in [-0.3, -0.25) is 9.59 Å². The molecule has 1 aliphatic heterocycles. The fourth-order valence-corrected chi connectivity index (χ4v) is 3.57. The van der Waals surface area contributed by atoms with Gasteiger partial charge in [0.1, 0.15) is 6.61 Å². The number of rotatable bonds is 8. The Hall–Kier alpha value is -3.36. The molecule has 2 aromatic rings. The minimum Gasteiger partial charge on any atom is -0.466 e. The highest BCUT2D eigenvalue weighted by Crippen LogP contribution is 2.36. The number of benzene rings is 2. The molecule has 3 rings (SSSR count). The molecule has 0 fully saturated rings. The summed E-state index contributed by atoms with van der Waals surface area (Å²) in [7, 11) is 1.82. The van der Waals surface area contributed by atoms with Crippen molar-refractivity contribution in [1.29, 1.82) is 0 Å². The molecule has 1 amide bonds. The van der Waals surface area contributed by atoms with Crippen LogP contribution >= 0.6 is 0 Å². The summed E-state index contributed by atoms with van der Waals surface area (Å²) < 4.78 is 4.81. The van der Waals surface area contributed by atoms with Crippen molar-refractivity contribution in [3.63, 3.8) is 0 Å². The summed E-state index contributed by atoms with van der Waals surface area (Å²) in [6.07, 6.45) is 0.362. The van der Waals surface area contributed by atoms with Gasteiger partial charge >= 0.3 is 0 Å². The maximum atomic E-state index is 13.1. The predicted molar refractivity (Wildman–Crippen MR) is 117 cm³/mol. The van der Waals surface area contributed by atoms with Crippen LogP contribution in [0.3, 0.4) is 0 Å². The standard InChI is InChI=1S/C22H27N5O3/c1-25-11-10-20(29)26-14-16-6-2-3-7-17(16)21(23)22(27(24)12-13-30-15-28)18-8-4-5-9-19(18)26/h2-9,15,25H,10-14,23-24H2,1H3/b22-21-. The van der Waals surface area contributed by atoms with Crippen LogP contribution in [0.4, 0.5) is 5.69 Å². The molecule has 0 saturated carbocycles. The van der Waals surface area contributed by atoms with E-state index < -0.39 is 0 Å². The molecule has 5 N–H and O–H groups in total. The Morgan fingerprint density at radius 2 is 1.90 bits per heavy atom. The SMILES string of the molecule is CNCCC(=O)N1Cc2ccccc2/C(N)=C(/N(N)CCOC=O)c2ccccc21. The number of hydrogen-bond donors (Lipinski definition) is 3. The quantitative estimate of drug-likeness (QED) is 0.260. The molecule has 0 atom stereocenters. The smallest absolute Gasteiger partial charge is 0.293 e. The van der Waals surface area contributed by atoms with Crippen LogP contribution in [0.1, 0.15) is 23.1 Å². The number of nitrogens with one attached hydrogen (secondary N) is 1. The third kappa shape index (κ3) is 4.45. The van der Waals surface area contributed by atoms with Crippen molar-refractivity contribution in [2.45, 2.75) is 13.0 Å². The van der Waals surface area contributed by atoms with Crippen LogP contribution in [0, 0.1) is 0 Å². The summed E-state index contributed by atoms with van der Waals surface area (Å²) >= 11 is 0. The second-order valence-electron chi connectivity index (χ2n) is 6.93. The Balaban J connectivity index is 2.17. The van der Waals surface area contributed by atoms with Crippen LogP contribution in [-0.4, -0.2) is 44.1 Å². The molecule has 0 aliphatic carbocycles. The zero-order chi connectivity index (χ0) is 21.5. The van der Waals surface area contributed by atoms with Gasteiger partial charge in [-0.05, 0) is 18.7 Å². The molecule has 0 saturated heterocycles. The van der Waals surface area contributed by atoms with E-state index in [2.05, 4.69) is 5.32 Å². The van der Waals surface area contributed by atoms with E-state index in [0.717, 1.165) is 22.4 Å². The third-order valence-corrected chi connectivity index (χ3v) is 5.04. The van der Waals surface area contributed by atoms with E-state index in [-0.39, 0.29) is 19.1 Å². The highest BCUT2D eigenvalue weighted by Gasteiger charge is 2.27. The maximum Gasteiger partial charge on any atom is 0.293 e. The first-order valence-corrected chi connectivity index (χ1v) is 9.78. The number of nitrogens with two attached hydrogens (primary N) is 2. The molecule has 30 heavy (non-hydrogen) atoms. The number of anilines is 1. The minimum absolute atomic E-state index is 0.000663. The van der Waals surface area contributed by atoms with Crippen molar-refractivity contribution in [1.82, 2.24) is 10.3 Å². The lowest BCUT2D eigenvalue weighted by Gasteiger charge is -2.33. The summed E-state index contributed by atoms with van der Waals surface area (Å²) in [5.41, 5.74) is 10.9. The average Bonchev–Trinajstić information content (AvgIpc) is 2.76. The first kappa shape index (κ1) is 21.4. The lowest BCUT2D eigenvalue weighted by molar-refractivity contribution is -0.128. The molecule has 1 heterocycles. The number of hydrogen-bond acceptors (Lipinski definition) is 7. The van der Waals surface area contributed by atoms with Crippen LogP contribution in [-0.2, 0) is 20.9 Å². The van der Waals surface area contributed by atoms with E-state index in [0.29, 0.717) is 37.4 Å². The van der Waals surface area contributed by atoms with Crippen molar-refractivity contribution in [2.75, 3.05) is 31.6 Å². The molecule has 0 bridgehead atoms. The predicted octanol–water partition coefficient (Wildman–Crippen LogP) is 1.28. The van der Waals surface area contributed by atoms with Crippen molar-refractivity contribution < 1.29 is 14.3 Å². The molecule has 0 radical (unpaired) electrons. The van der Waals surface area contributed by atoms with E-state index in [9.17, 15) is 9.59 Å². The Morgan fingerprint density at radius 3 is 2.63 bits per heavy atom. The molecule has 0 spiro atoms. The number of fused-ring (bicyclic) bond motifs is 2. The second kappa shape index (κ2) is 9.91. The van der Waals surface area contributed by atoms with Gasteiger partial charge in [0.15, 0.2) is 0 Å². The van der Waals surface area contributed by atoms with Crippen LogP contribution in [0.5, 0.6) is 0 Å². The van der Waals surface area contributed by atoms with Crippen molar-refractivity contribution >= 4 is 29.5 Å². The van der Waals surface area contributed by atoms with Gasteiger partial charge in [0.05, 0.1) is 30.2 Å². The molecular weight excluding hydrogens is 382 g/mol. The fraction of sp³-hybridized carbons (Fsp3) is 0.273. The first-order valence-electron chi connectivity index (χ1n) is 9.78. The van der Waals surface area contributed by atoms with Crippen LogP contribution in [0.15, 0.2) is 48.5 Å². The van der Waals surface area contributed by atoms with Gasteiger partial charge in [0, 0.05) is 24.1 Å². The number of para-hydroxylation sites is 1. The molecule has 0 unspecified atom stereocenters. The van der Waals surface area contributed by atoms with Gasteiger partial charge in [0.25, 0.3) is 6.47 Å². The summed E-state index contributed by atoms with van der Waals surface area (Å²) in [4.78, 5) is 25.4. The maximum absolute atomic E-state index is 13.1. The fourth-order valence-electron chi connectivity index (χ4n) is 3.57. The largest absolute Gasteiger partial charge is 0.466 e. The number of ether oxygens (including phenoxy) is 1. The van der Waals surface area contributed by atoms with E-state index in [1.54, 1.807) is 4.90 Å². The van der Waals surface area contributed by atoms with Crippen LogP contribution in [0.25, 0.3) is 11.4 Å². The van der Waals surface area contributed by atoms with Crippen LogP contribution < -0.4 is 21.8 Å². The van der Waals surface area contributed by atoms with E-state index in [1.165, 1.54) is 5.01 Å². The molecule has 1 aliphatic rings. The number of hydrazine groups is 1. The number of carbonyl (C=O) groups excluding carboxylic acids is 2. The van der Waals surface area contributed by atoms with Gasteiger partial charge in [-0.1, -0.05) is 42.5 Å². The highest BCUT2D eigenvalue weighted by molar-refractivity contribution is 6.01. The zero-order valence-electron chi connectivity index (χ0n) is 17.0. The average molecular weight is 409 g/mol. The summed E-state index contributed by atoms with van der Waals surface area (Å²) in [6, 6.07) is 15.3.